The highest BCUT2D eigenvalue weighted by molar-refractivity contribution is 7.72. The molecule has 1 fully saturated rings. The van der Waals surface area contributed by atoms with E-state index in [1.165, 1.54) is 6.33 Å². The lowest BCUT2D eigenvalue weighted by atomic mass is 10.1. The molecule has 0 aliphatic carbocycles. The van der Waals surface area contributed by atoms with Gasteiger partial charge in [-0.2, -0.15) is 0 Å². The van der Waals surface area contributed by atoms with Gasteiger partial charge >= 0.3 is 0 Å². The van der Waals surface area contributed by atoms with E-state index in [2.05, 4.69) is 39.9 Å². The lowest BCUT2D eigenvalue weighted by Gasteiger charge is -2.18. The quantitative estimate of drug-likeness (QED) is 0.654. The Kier molecular flexibility index (Phi) is 5.16. The fraction of sp³-hybridized carbons (Fsp3) is 0.625. The van der Waals surface area contributed by atoms with Crippen LogP contribution in [-0.4, -0.2) is 80.4 Å². The molecule has 1 aliphatic heterocycles. The first-order chi connectivity index (χ1) is 11.8. The Hall–Kier alpha value is -1.47. The van der Waals surface area contributed by atoms with E-state index in [0.29, 0.717) is 29.9 Å². The Labute approximate surface area is 147 Å². The van der Waals surface area contributed by atoms with Gasteiger partial charge in [0.2, 0.25) is 0 Å². The molecule has 1 aliphatic rings. The highest BCUT2D eigenvalue weighted by Gasteiger charge is 2.44. The summed E-state index contributed by atoms with van der Waals surface area (Å²) in [5.41, 5.74) is 1.18. The fourth-order valence-corrected chi connectivity index (χ4v) is 3.96. The van der Waals surface area contributed by atoms with Crippen molar-refractivity contribution < 1.29 is 14.9 Å². The summed E-state index contributed by atoms with van der Waals surface area (Å²) in [4.78, 5) is 12.8. The Morgan fingerprint density at radius 1 is 1.28 bits per heavy atom. The Morgan fingerprint density at radius 2 is 2.04 bits per heavy atom. The molecule has 9 heteroatoms. The summed E-state index contributed by atoms with van der Waals surface area (Å²) in [6.45, 7) is 5.76. The summed E-state index contributed by atoms with van der Waals surface area (Å²) >= 11 is 0. The summed E-state index contributed by atoms with van der Waals surface area (Å²) in [7, 11) is 0. The van der Waals surface area contributed by atoms with Gasteiger partial charge in [-0.3, -0.25) is 4.57 Å². The third-order valence-electron chi connectivity index (χ3n) is 4.33. The van der Waals surface area contributed by atoms with Gasteiger partial charge in [0.05, 0.1) is 12.4 Å². The molecule has 138 valence electrons. The second kappa shape index (κ2) is 7.03. The Balaban J connectivity index is 1.85. The van der Waals surface area contributed by atoms with Gasteiger partial charge in [0.25, 0.3) is 0 Å². The minimum Gasteiger partial charge on any atom is -0.388 e. The smallest absolute Gasteiger partial charge is 0.167 e. The van der Waals surface area contributed by atoms with Crippen LogP contribution in [0.2, 0.25) is 0 Å². The van der Waals surface area contributed by atoms with E-state index in [1.807, 2.05) is 6.92 Å². The van der Waals surface area contributed by atoms with E-state index in [9.17, 15) is 10.2 Å². The number of hydrogen-bond donors (Lipinski definition) is 3. The van der Waals surface area contributed by atoms with Gasteiger partial charge < -0.3 is 20.3 Å². The number of nitrogens with zero attached hydrogens (tertiary/aromatic N) is 4. The summed E-state index contributed by atoms with van der Waals surface area (Å²) in [5.74, 6) is 0.638. The van der Waals surface area contributed by atoms with Crippen molar-refractivity contribution in [2.24, 2.45) is 0 Å². The van der Waals surface area contributed by atoms with Crippen molar-refractivity contribution >= 4 is 30.2 Å². The molecule has 0 aromatic carbocycles. The van der Waals surface area contributed by atoms with Crippen molar-refractivity contribution in [3.63, 3.8) is 0 Å². The number of fused-ring (bicyclic) bond motifs is 1. The number of anilines is 1. The second-order valence-corrected chi connectivity index (χ2v) is 11.4. The minimum absolute atomic E-state index is 0.423. The maximum atomic E-state index is 10.5. The van der Waals surface area contributed by atoms with E-state index in [0.717, 1.165) is 6.16 Å². The zero-order valence-electron chi connectivity index (χ0n) is 14.8. The zero-order chi connectivity index (χ0) is 18.2. The van der Waals surface area contributed by atoms with Gasteiger partial charge in [-0.25, -0.2) is 15.0 Å². The van der Waals surface area contributed by atoms with E-state index < -0.39 is 31.4 Å². The molecule has 25 heavy (non-hydrogen) atoms. The molecule has 4 atom stereocenters. The highest BCUT2D eigenvalue weighted by atomic mass is 31.2. The van der Waals surface area contributed by atoms with Crippen LogP contribution in [0, 0.1) is 0 Å². The van der Waals surface area contributed by atoms with E-state index in [1.54, 1.807) is 10.9 Å². The summed E-state index contributed by atoms with van der Waals surface area (Å²) in [5, 5.41) is 24.0. The molecule has 0 saturated carbocycles. The average Bonchev–Trinajstić information content (AvgIpc) is 3.09. The minimum atomic E-state index is -1.22. The van der Waals surface area contributed by atoms with Gasteiger partial charge in [0.1, 0.15) is 18.5 Å². The second-order valence-electron chi connectivity index (χ2n) is 7.07. The van der Waals surface area contributed by atoms with Crippen LogP contribution in [0.4, 0.5) is 5.82 Å². The van der Waals surface area contributed by atoms with Gasteiger partial charge in [0, 0.05) is 6.54 Å². The first kappa shape index (κ1) is 18.3. The zero-order valence-corrected chi connectivity index (χ0v) is 15.7. The molecule has 0 radical (unpaired) electrons. The number of ether oxygens (including phenoxy) is 1. The van der Waals surface area contributed by atoms with Gasteiger partial charge in [-0.05, 0) is 32.8 Å². The van der Waals surface area contributed by atoms with Crippen LogP contribution >= 0.6 is 6.89 Å². The van der Waals surface area contributed by atoms with Crippen LogP contribution < -0.4 is 5.32 Å². The van der Waals surface area contributed by atoms with Crippen LogP contribution in [0.15, 0.2) is 12.7 Å². The van der Waals surface area contributed by atoms with Crippen LogP contribution in [0.1, 0.15) is 19.6 Å². The number of aliphatic hydroxyl groups excluding tert-OH is 2. The molecule has 0 amide bonds. The largest absolute Gasteiger partial charge is 0.388 e. The third-order valence-corrected chi connectivity index (χ3v) is 5.80. The normalized spacial score (nSPS) is 27.1. The monoisotopic (exact) mass is 367 g/mol. The van der Waals surface area contributed by atoms with Crippen molar-refractivity contribution in [1.29, 1.82) is 0 Å². The summed E-state index contributed by atoms with van der Waals surface area (Å²) in [6.07, 6.45) is 5.65. The summed E-state index contributed by atoms with van der Waals surface area (Å²) < 4.78 is 7.63. The number of rotatable bonds is 6. The van der Waals surface area contributed by atoms with E-state index in [-0.39, 0.29) is 0 Å². The van der Waals surface area contributed by atoms with Gasteiger partial charge in [-0.1, -0.05) is 0 Å². The lowest BCUT2D eigenvalue weighted by Crippen LogP contribution is -2.31. The lowest BCUT2D eigenvalue weighted by molar-refractivity contribution is -0.0353. The third kappa shape index (κ3) is 3.72. The van der Waals surface area contributed by atoms with Crippen molar-refractivity contribution in [2.45, 2.75) is 37.9 Å². The van der Waals surface area contributed by atoms with Crippen LogP contribution in [0.25, 0.3) is 11.2 Å². The predicted molar refractivity (Wildman–Crippen MR) is 101 cm³/mol. The molecule has 2 aromatic heterocycles. The molecule has 1 saturated heterocycles. The van der Waals surface area contributed by atoms with Gasteiger partial charge in [-0.15, -0.1) is 13.2 Å². The summed E-state index contributed by atoms with van der Waals surface area (Å²) in [6, 6.07) is 0. The van der Waals surface area contributed by atoms with Gasteiger partial charge in [0.15, 0.2) is 23.2 Å². The predicted octanol–water partition coefficient (Wildman–Crippen LogP) is 0.977. The number of hydrogen-bond acceptors (Lipinski definition) is 7. The molecule has 3 N–H and O–H groups in total. The van der Waals surface area contributed by atoms with Crippen LogP contribution in [0.3, 0.4) is 0 Å². The number of imidazole rings is 1. The Bertz CT molecular complexity index is 789. The van der Waals surface area contributed by atoms with E-state index >= 15 is 0 Å². The maximum Gasteiger partial charge on any atom is 0.167 e. The molecule has 3 rings (SSSR count). The van der Waals surface area contributed by atoms with Crippen molar-refractivity contribution in [1.82, 2.24) is 19.5 Å². The number of aliphatic hydroxyl groups is 2. The van der Waals surface area contributed by atoms with Crippen molar-refractivity contribution in [3.8, 4) is 0 Å². The highest BCUT2D eigenvalue weighted by Crippen LogP contribution is 2.40. The molecule has 0 spiro atoms. The first-order valence-electron chi connectivity index (χ1n) is 8.42. The standard InChI is InChI=1S/C16H26N5O3P/c1-5-17-14-11-15(19-8-18-14)21(9-20-11)16-13(23)12(22)10(24-16)6-7-25(2,3)4/h8-10,12-13,16,22-23H,2,5-7H2,1,3-4H3,(H,17,18,19)/t10?,12-,13-,16?/m1/s1. The van der Waals surface area contributed by atoms with E-state index in [4.69, 9.17) is 4.74 Å². The Morgan fingerprint density at radius 3 is 2.72 bits per heavy atom. The van der Waals surface area contributed by atoms with Crippen LogP contribution in [-0.2, 0) is 4.74 Å². The number of nitrogens with one attached hydrogen (secondary N) is 1. The molecule has 3 heterocycles. The molecule has 8 nitrogen and oxygen atoms in total. The first-order valence-corrected chi connectivity index (χ1v) is 11.5. The van der Waals surface area contributed by atoms with Crippen LogP contribution in [0.5, 0.6) is 0 Å². The number of aromatic nitrogens is 4. The molecular weight excluding hydrogens is 341 g/mol. The molecule has 0 bridgehead atoms. The average molecular weight is 367 g/mol. The fourth-order valence-electron chi connectivity index (χ4n) is 3.01. The maximum absolute atomic E-state index is 10.5. The SMILES string of the molecule is C=P(C)(C)CCC1OC(n2cnc3c(NCC)ncnc32)[C@H](O)[C@@H]1O. The van der Waals surface area contributed by atoms with Crippen molar-refractivity contribution in [2.75, 3.05) is 31.4 Å². The topological polar surface area (TPSA) is 105 Å². The molecule has 2 unspecified atom stereocenters. The molecular formula is C16H26N5O3P. The van der Waals surface area contributed by atoms with Crippen molar-refractivity contribution in [3.05, 3.63) is 12.7 Å². The molecule has 2 aromatic rings.